The number of rotatable bonds is 2. The Bertz CT molecular complexity index is 473. The van der Waals surface area contributed by atoms with Gasteiger partial charge in [-0.25, -0.2) is 0 Å². The molecular weight excluding hydrogens is 403 g/mol. The van der Waals surface area contributed by atoms with Crippen LogP contribution in [0, 0.1) is 6.07 Å². The van der Waals surface area contributed by atoms with E-state index >= 15 is 0 Å². The molecule has 0 saturated heterocycles. The van der Waals surface area contributed by atoms with Gasteiger partial charge in [-0.3, -0.25) is 4.68 Å². The van der Waals surface area contributed by atoms with Crippen LogP contribution in [0.5, 0.6) is 0 Å². The standard InChI is InChI=1S/C15H17N2.Pt/c1-2-7-13(8-3-1)14-9-4-5-10-15(14)17-12-6-11-16-17;/h4-6,9,11-13H,1-3,7-8H2;/q-1;. The van der Waals surface area contributed by atoms with Crippen molar-refractivity contribution < 1.29 is 21.1 Å². The van der Waals surface area contributed by atoms with Crippen molar-refractivity contribution in [2.75, 3.05) is 0 Å². The summed E-state index contributed by atoms with van der Waals surface area (Å²) in [6, 6.07) is 11.6. The molecular formula is C15H17N2Pt-. The second-order valence-corrected chi connectivity index (χ2v) is 4.76. The Labute approximate surface area is 123 Å². The monoisotopic (exact) mass is 420 g/mol. The van der Waals surface area contributed by atoms with Crippen molar-refractivity contribution in [2.24, 2.45) is 0 Å². The molecule has 1 aromatic heterocycles. The molecule has 98 valence electrons. The summed E-state index contributed by atoms with van der Waals surface area (Å²) in [4.78, 5) is 0. The Morgan fingerprint density at radius 3 is 2.72 bits per heavy atom. The zero-order valence-corrected chi connectivity index (χ0v) is 12.6. The van der Waals surface area contributed by atoms with Crippen molar-refractivity contribution in [1.29, 1.82) is 0 Å². The van der Waals surface area contributed by atoms with Crippen LogP contribution in [0.4, 0.5) is 0 Å². The molecule has 2 aromatic rings. The molecule has 0 radical (unpaired) electrons. The molecule has 0 aliphatic heterocycles. The fraction of sp³-hybridized carbons (Fsp3) is 0.400. The van der Waals surface area contributed by atoms with Crippen LogP contribution in [0.25, 0.3) is 5.69 Å². The summed E-state index contributed by atoms with van der Waals surface area (Å²) in [6.45, 7) is 0. The third-order valence-corrected chi connectivity index (χ3v) is 3.64. The largest absolute Gasteiger partial charge is 0.265 e. The van der Waals surface area contributed by atoms with Gasteiger partial charge in [0.15, 0.2) is 0 Å². The Morgan fingerprint density at radius 2 is 2.00 bits per heavy atom. The molecule has 1 aromatic carbocycles. The van der Waals surface area contributed by atoms with Crippen LogP contribution >= 0.6 is 0 Å². The molecule has 18 heavy (non-hydrogen) atoms. The number of hydrogen-bond acceptors (Lipinski definition) is 1. The van der Waals surface area contributed by atoms with Crippen molar-refractivity contribution in [3.63, 3.8) is 0 Å². The smallest absolute Gasteiger partial charge is 0.0493 e. The van der Waals surface area contributed by atoms with E-state index in [1.165, 1.54) is 37.7 Å². The maximum atomic E-state index is 4.33. The Kier molecular flexibility index (Phi) is 4.77. The molecule has 0 spiro atoms. The van der Waals surface area contributed by atoms with Gasteiger partial charge in [0, 0.05) is 33.5 Å². The summed E-state index contributed by atoms with van der Waals surface area (Å²) in [5.74, 6) is 0.695. The number of benzene rings is 1. The van der Waals surface area contributed by atoms with Crippen molar-refractivity contribution in [3.8, 4) is 5.69 Å². The van der Waals surface area contributed by atoms with E-state index in [4.69, 9.17) is 0 Å². The van der Waals surface area contributed by atoms with E-state index in [0.29, 0.717) is 5.92 Å². The molecule has 2 nitrogen and oxygen atoms in total. The minimum atomic E-state index is 0. The normalized spacial score (nSPS) is 16.2. The molecule has 0 amide bonds. The fourth-order valence-electron chi connectivity index (χ4n) is 2.78. The van der Waals surface area contributed by atoms with E-state index in [1.807, 2.05) is 29.2 Å². The van der Waals surface area contributed by atoms with E-state index < -0.39 is 0 Å². The Hall–Kier alpha value is -0.882. The first kappa shape index (κ1) is 13.5. The van der Waals surface area contributed by atoms with Crippen LogP contribution in [0.2, 0.25) is 0 Å². The molecule has 1 aliphatic rings. The van der Waals surface area contributed by atoms with Crippen LogP contribution in [0.15, 0.2) is 36.7 Å². The first-order valence-electron chi connectivity index (χ1n) is 6.46. The van der Waals surface area contributed by atoms with E-state index in [2.05, 4.69) is 23.3 Å². The first-order chi connectivity index (χ1) is 8.45. The van der Waals surface area contributed by atoms with Crippen molar-refractivity contribution in [1.82, 2.24) is 9.78 Å². The Balaban J connectivity index is 0.00000120. The van der Waals surface area contributed by atoms with Gasteiger partial charge in [-0.1, -0.05) is 38.0 Å². The quantitative estimate of drug-likeness (QED) is 0.678. The van der Waals surface area contributed by atoms with E-state index in [0.717, 1.165) is 5.69 Å². The second kappa shape index (κ2) is 6.33. The summed E-state index contributed by atoms with van der Waals surface area (Å²) in [5, 5.41) is 4.33. The predicted octanol–water partition coefficient (Wildman–Crippen LogP) is 3.72. The third-order valence-electron chi connectivity index (χ3n) is 3.64. The summed E-state index contributed by atoms with van der Waals surface area (Å²) >= 11 is 0. The molecule has 1 saturated carbocycles. The van der Waals surface area contributed by atoms with Gasteiger partial charge in [-0.05, 0) is 11.8 Å². The molecule has 3 rings (SSSR count). The molecule has 1 fully saturated rings. The minimum Gasteiger partial charge on any atom is -0.265 e. The summed E-state index contributed by atoms with van der Waals surface area (Å²) in [6.07, 6.45) is 10.6. The maximum absolute atomic E-state index is 4.33. The van der Waals surface area contributed by atoms with Crippen molar-refractivity contribution in [2.45, 2.75) is 38.0 Å². The summed E-state index contributed by atoms with van der Waals surface area (Å²) < 4.78 is 1.93. The van der Waals surface area contributed by atoms with Gasteiger partial charge in [0.2, 0.25) is 0 Å². The molecule has 0 unspecified atom stereocenters. The number of para-hydroxylation sites is 1. The van der Waals surface area contributed by atoms with Gasteiger partial charge in [-0.15, -0.1) is 5.56 Å². The molecule has 3 heteroatoms. The SMILES string of the molecule is [Pt].[c-]1cccc(C2CCCCC2)c1-n1cccn1. The van der Waals surface area contributed by atoms with Gasteiger partial charge >= 0.3 is 0 Å². The van der Waals surface area contributed by atoms with Crippen molar-refractivity contribution in [3.05, 3.63) is 48.3 Å². The van der Waals surface area contributed by atoms with Gasteiger partial charge in [0.25, 0.3) is 0 Å². The average Bonchev–Trinajstić information content (AvgIpc) is 2.94. The van der Waals surface area contributed by atoms with Crippen molar-refractivity contribution >= 4 is 0 Å². The number of hydrogen-bond donors (Lipinski definition) is 0. The number of nitrogens with zero attached hydrogens (tertiary/aromatic N) is 2. The average molecular weight is 420 g/mol. The van der Waals surface area contributed by atoms with Crippen LogP contribution in [-0.4, -0.2) is 9.78 Å². The van der Waals surface area contributed by atoms with Crippen LogP contribution in [0.1, 0.15) is 43.6 Å². The van der Waals surface area contributed by atoms with Gasteiger partial charge in [0.05, 0.1) is 0 Å². The molecule has 0 N–H and O–H groups in total. The van der Waals surface area contributed by atoms with E-state index in [-0.39, 0.29) is 21.1 Å². The maximum Gasteiger partial charge on any atom is 0.0493 e. The van der Waals surface area contributed by atoms with E-state index in [9.17, 15) is 0 Å². The molecule has 0 atom stereocenters. The van der Waals surface area contributed by atoms with Crippen LogP contribution in [0.3, 0.4) is 0 Å². The van der Waals surface area contributed by atoms with Crippen LogP contribution < -0.4 is 0 Å². The Morgan fingerprint density at radius 1 is 1.17 bits per heavy atom. The zero-order chi connectivity index (χ0) is 11.5. The topological polar surface area (TPSA) is 17.8 Å². The second-order valence-electron chi connectivity index (χ2n) is 4.76. The zero-order valence-electron chi connectivity index (χ0n) is 10.3. The summed E-state index contributed by atoms with van der Waals surface area (Å²) in [7, 11) is 0. The first-order valence-corrected chi connectivity index (χ1v) is 6.46. The fourth-order valence-corrected chi connectivity index (χ4v) is 2.78. The van der Waals surface area contributed by atoms with E-state index in [1.54, 1.807) is 0 Å². The molecule has 1 heterocycles. The minimum absolute atomic E-state index is 0. The predicted molar refractivity (Wildman–Crippen MR) is 68.2 cm³/mol. The van der Waals surface area contributed by atoms with Gasteiger partial charge in [0.1, 0.15) is 0 Å². The molecule has 0 bridgehead atoms. The van der Waals surface area contributed by atoms with Gasteiger partial charge < -0.3 is 0 Å². The third kappa shape index (κ3) is 2.75. The number of aromatic nitrogens is 2. The summed E-state index contributed by atoms with van der Waals surface area (Å²) in [5.41, 5.74) is 2.54. The molecule has 1 aliphatic carbocycles. The van der Waals surface area contributed by atoms with Crippen LogP contribution in [-0.2, 0) is 21.1 Å². The van der Waals surface area contributed by atoms with Gasteiger partial charge in [-0.2, -0.15) is 29.4 Å².